The SMILES string of the molecule is CCOc1ccc(N2CCCN3C4C(=O)N(CCOC)C(=O)N(C)C4NC23)cc1. The molecule has 158 valence electrons. The molecular formula is C20H29N5O4. The normalized spacial score (nSPS) is 27.3. The van der Waals surface area contributed by atoms with E-state index in [1.807, 2.05) is 31.2 Å². The molecule has 1 aromatic rings. The van der Waals surface area contributed by atoms with Crippen LogP contribution >= 0.6 is 0 Å². The maximum Gasteiger partial charge on any atom is 0.327 e. The maximum absolute atomic E-state index is 13.2. The Labute approximate surface area is 171 Å². The van der Waals surface area contributed by atoms with Gasteiger partial charge in [-0.15, -0.1) is 0 Å². The fourth-order valence-corrected chi connectivity index (χ4v) is 4.47. The first-order chi connectivity index (χ1) is 14.1. The Hall–Kier alpha value is -2.36. The van der Waals surface area contributed by atoms with Gasteiger partial charge in [-0.25, -0.2) is 4.79 Å². The maximum atomic E-state index is 13.2. The van der Waals surface area contributed by atoms with Gasteiger partial charge in [0.15, 0.2) is 0 Å². The smallest absolute Gasteiger partial charge is 0.327 e. The monoisotopic (exact) mass is 403 g/mol. The molecule has 3 atom stereocenters. The van der Waals surface area contributed by atoms with Crippen molar-refractivity contribution in [3.8, 4) is 5.75 Å². The van der Waals surface area contributed by atoms with Crippen molar-refractivity contribution in [1.82, 2.24) is 20.0 Å². The van der Waals surface area contributed by atoms with Gasteiger partial charge in [-0.2, -0.15) is 0 Å². The van der Waals surface area contributed by atoms with Crippen LogP contribution in [-0.4, -0.2) is 92.1 Å². The van der Waals surface area contributed by atoms with Gasteiger partial charge in [-0.1, -0.05) is 0 Å². The van der Waals surface area contributed by atoms with E-state index in [1.165, 1.54) is 4.90 Å². The summed E-state index contributed by atoms with van der Waals surface area (Å²) in [6.45, 7) is 4.87. The zero-order valence-electron chi connectivity index (χ0n) is 17.2. The van der Waals surface area contributed by atoms with Gasteiger partial charge in [0.05, 0.1) is 19.8 Å². The Morgan fingerprint density at radius 2 is 1.93 bits per heavy atom. The number of likely N-dealkylation sites (N-methyl/N-ethyl adjacent to an activating group) is 1. The van der Waals surface area contributed by atoms with Gasteiger partial charge in [0.1, 0.15) is 24.2 Å². The minimum Gasteiger partial charge on any atom is -0.494 e. The molecule has 3 saturated heterocycles. The molecule has 3 heterocycles. The minimum atomic E-state index is -0.398. The number of carbonyl (C=O) groups is 2. The third-order valence-electron chi connectivity index (χ3n) is 5.87. The van der Waals surface area contributed by atoms with Crippen LogP contribution in [-0.2, 0) is 9.53 Å². The second-order valence-electron chi connectivity index (χ2n) is 7.52. The summed E-state index contributed by atoms with van der Waals surface area (Å²) in [5.41, 5.74) is 1.06. The van der Waals surface area contributed by atoms with Crippen LogP contribution in [0.25, 0.3) is 0 Å². The molecule has 4 rings (SSSR count). The lowest BCUT2D eigenvalue weighted by Crippen LogP contribution is -2.66. The summed E-state index contributed by atoms with van der Waals surface area (Å²) >= 11 is 0. The summed E-state index contributed by atoms with van der Waals surface area (Å²) in [7, 11) is 3.32. The van der Waals surface area contributed by atoms with Crippen molar-refractivity contribution < 1.29 is 19.1 Å². The van der Waals surface area contributed by atoms with Crippen molar-refractivity contribution in [3.05, 3.63) is 24.3 Å². The van der Waals surface area contributed by atoms with Crippen LogP contribution in [0, 0.1) is 0 Å². The quantitative estimate of drug-likeness (QED) is 0.750. The topological polar surface area (TPSA) is 77.6 Å². The standard InChI is InChI=1S/C20H29N5O4/c1-4-29-15-8-6-14(7-9-15)23-10-5-11-24-16-17(21-19(23)24)22(2)20(27)25(18(16)26)12-13-28-3/h6-9,16-17,19,21H,4-5,10-13H2,1-3H3. The molecule has 9 nitrogen and oxygen atoms in total. The Balaban J connectivity index is 1.58. The molecule has 3 aliphatic rings. The molecule has 0 saturated carbocycles. The molecule has 0 aliphatic carbocycles. The average Bonchev–Trinajstić information content (AvgIpc) is 3.13. The third-order valence-corrected chi connectivity index (χ3v) is 5.87. The second-order valence-corrected chi connectivity index (χ2v) is 7.52. The lowest BCUT2D eigenvalue weighted by atomic mass is 10.1. The zero-order chi connectivity index (χ0) is 20.5. The van der Waals surface area contributed by atoms with E-state index >= 15 is 0 Å². The summed E-state index contributed by atoms with van der Waals surface area (Å²) in [6, 6.07) is 7.33. The lowest BCUT2D eigenvalue weighted by molar-refractivity contribution is -0.139. The number of fused-ring (bicyclic) bond motifs is 3. The van der Waals surface area contributed by atoms with Gasteiger partial charge in [0, 0.05) is 32.9 Å². The van der Waals surface area contributed by atoms with Crippen molar-refractivity contribution in [2.75, 3.05) is 51.9 Å². The minimum absolute atomic E-state index is 0.140. The molecule has 1 N–H and O–H groups in total. The molecule has 29 heavy (non-hydrogen) atoms. The van der Waals surface area contributed by atoms with Crippen LogP contribution in [0.3, 0.4) is 0 Å². The summed E-state index contributed by atoms with van der Waals surface area (Å²) < 4.78 is 10.6. The summed E-state index contributed by atoms with van der Waals surface area (Å²) in [5, 5.41) is 3.52. The predicted octanol–water partition coefficient (Wildman–Crippen LogP) is 0.719. The first kappa shape index (κ1) is 19.9. The van der Waals surface area contributed by atoms with Crippen molar-refractivity contribution in [2.24, 2.45) is 0 Å². The lowest BCUT2D eigenvalue weighted by Gasteiger charge is -2.43. The molecule has 1 aromatic carbocycles. The molecule has 0 spiro atoms. The first-order valence-corrected chi connectivity index (χ1v) is 10.1. The molecule has 0 aromatic heterocycles. The van der Waals surface area contributed by atoms with Crippen LogP contribution in [0.2, 0.25) is 0 Å². The first-order valence-electron chi connectivity index (χ1n) is 10.1. The third kappa shape index (κ3) is 3.43. The summed E-state index contributed by atoms with van der Waals surface area (Å²) in [6.07, 6.45) is 0.456. The number of hydrogen-bond donors (Lipinski definition) is 1. The van der Waals surface area contributed by atoms with Crippen molar-refractivity contribution in [1.29, 1.82) is 0 Å². The zero-order valence-corrected chi connectivity index (χ0v) is 17.2. The fourth-order valence-electron chi connectivity index (χ4n) is 4.47. The second kappa shape index (κ2) is 8.17. The van der Waals surface area contributed by atoms with Gasteiger partial charge in [-0.05, 0) is 37.6 Å². The summed E-state index contributed by atoms with van der Waals surface area (Å²) in [5.74, 6) is 0.686. The number of imide groups is 1. The number of nitrogens with one attached hydrogen (secondary N) is 1. The van der Waals surface area contributed by atoms with Gasteiger partial charge in [-0.3, -0.25) is 19.9 Å². The van der Waals surface area contributed by atoms with Gasteiger partial charge in [0.25, 0.3) is 5.91 Å². The summed E-state index contributed by atoms with van der Waals surface area (Å²) in [4.78, 5) is 33.3. The van der Waals surface area contributed by atoms with E-state index in [0.717, 1.165) is 30.9 Å². The van der Waals surface area contributed by atoms with Crippen LogP contribution in [0.5, 0.6) is 5.75 Å². The van der Waals surface area contributed by atoms with Crippen LogP contribution < -0.4 is 15.0 Å². The van der Waals surface area contributed by atoms with Crippen LogP contribution in [0.1, 0.15) is 13.3 Å². The highest BCUT2D eigenvalue weighted by molar-refractivity contribution is 6.00. The number of methoxy groups -OCH3 is 1. The molecule has 3 fully saturated rings. The average molecular weight is 403 g/mol. The predicted molar refractivity (Wildman–Crippen MR) is 108 cm³/mol. The number of benzene rings is 1. The molecule has 3 aliphatic heterocycles. The molecular weight excluding hydrogens is 374 g/mol. The number of ether oxygens (including phenoxy) is 2. The van der Waals surface area contributed by atoms with E-state index in [0.29, 0.717) is 13.2 Å². The Morgan fingerprint density at radius 3 is 2.62 bits per heavy atom. The van der Waals surface area contributed by atoms with E-state index in [9.17, 15) is 9.59 Å². The van der Waals surface area contributed by atoms with E-state index in [-0.39, 0.29) is 30.9 Å². The van der Waals surface area contributed by atoms with Crippen molar-refractivity contribution in [3.63, 3.8) is 0 Å². The van der Waals surface area contributed by atoms with Crippen molar-refractivity contribution in [2.45, 2.75) is 31.8 Å². The molecule has 9 heteroatoms. The van der Waals surface area contributed by atoms with E-state index < -0.39 is 6.04 Å². The molecule has 3 unspecified atom stereocenters. The Bertz CT molecular complexity index is 758. The molecule has 0 bridgehead atoms. The number of anilines is 1. The van der Waals surface area contributed by atoms with Gasteiger partial charge < -0.3 is 19.3 Å². The number of amides is 3. The number of urea groups is 1. The van der Waals surface area contributed by atoms with Crippen LogP contribution in [0.4, 0.5) is 10.5 Å². The highest BCUT2D eigenvalue weighted by Crippen LogP contribution is 2.33. The largest absolute Gasteiger partial charge is 0.494 e. The number of hydrogen-bond acceptors (Lipinski definition) is 7. The Kier molecular flexibility index (Phi) is 5.62. The Morgan fingerprint density at radius 1 is 1.17 bits per heavy atom. The van der Waals surface area contributed by atoms with Crippen LogP contribution in [0.15, 0.2) is 24.3 Å². The highest BCUT2D eigenvalue weighted by atomic mass is 16.5. The fraction of sp³-hybridized carbons (Fsp3) is 0.600. The molecule has 3 amide bonds. The van der Waals surface area contributed by atoms with E-state index in [4.69, 9.17) is 9.47 Å². The van der Waals surface area contributed by atoms with Gasteiger partial charge >= 0.3 is 6.03 Å². The number of carbonyl (C=O) groups excluding carboxylic acids is 2. The van der Waals surface area contributed by atoms with Crippen molar-refractivity contribution >= 4 is 17.6 Å². The number of nitrogens with zero attached hydrogens (tertiary/aromatic N) is 4. The number of rotatable bonds is 6. The van der Waals surface area contributed by atoms with E-state index in [2.05, 4.69) is 15.1 Å². The molecule has 0 radical (unpaired) electrons. The van der Waals surface area contributed by atoms with Gasteiger partial charge in [0.2, 0.25) is 0 Å². The van der Waals surface area contributed by atoms with E-state index in [1.54, 1.807) is 19.1 Å². The highest BCUT2D eigenvalue weighted by Gasteiger charge is 2.55.